The van der Waals surface area contributed by atoms with Crippen molar-refractivity contribution in [2.75, 3.05) is 19.6 Å². The Morgan fingerprint density at radius 2 is 2.39 bits per heavy atom. The lowest BCUT2D eigenvalue weighted by Gasteiger charge is -2.30. The zero-order valence-corrected chi connectivity index (χ0v) is 14.1. The number of rotatable bonds is 3. The molecule has 6 heteroatoms. The number of hydrogen-bond acceptors (Lipinski definition) is 5. The molecular formula is C17H21N3O2S. The number of amides is 1. The summed E-state index contributed by atoms with van der Waals surface area (Å²) in [5.74, 6) is 1.12. The van der Waals surface area contributed by atoms with E-state index in [9.17, 15) is 4.79 Å². The van der Waals surface area contributed by atoms with Gasteiger partial charge < -0.3 is 9.42 Å². The molecule has 2 aliphatic heterocycles. The maximum Gasteiger partial charge on any atom is 0.237 e. The predicted molar refractivity (Wildman–Crippen MR) is 88.2 cm³/mol. The highest BCUT2D eigenvalue weighted by Gasteiger charge is 2.32. The fourth-order valence-electron chi connectivity index (χ4n) is 3.61. The van der Waals surface area contributed by atoms with Crippen molar-refractivity contribution in [2.45, 2.75) is 38.8 Å². The van der Waals surface area contributed by atoms with E-state index in [0.29, 0.717) is 6.54 Å². The molecule has 1 fully saturated rings. The average Bonchev–Trinajstić information content (AvgIpc) is 3.26. The first-order chi connectivity index (χ1) is 11.2. The van der Waals surface area contributed by atoms with Crippen LogP contribution in [0.5, 0.6) is 0 Å². The van der Waals surface area contributed by atoms with Crippen molar-refractivity contribution in [2.24, 2.45) is 0 Å². The van der Waals surface area contributed by atoms with Gasteiger partial charge in [-0.25, -0.2) is 0 Å². The molecule has 1 saturated heterocycles. The van der Waals surface area contributed by atoms with Gasteiger partial charge in [-0.15, -0.1) is 11.3 Å². The number of nitrogens with zero attached hydrogens (tertiary/aromatic N) is 3. The van der Waals surface area contributed by atoms with Crippen molar-refractivity contribution >= 4 is 17.2 Å². The predicted octanol–water partition coefficient (Wildman–Crippen LogP) is 2.77. The van der Waals surface area contributed by atoms with Gasteiger partial charge in [0.15, 0.2) is 5.76 Å². The molecule has 0 unspecified atom stereocenters. The fourth-order valence-corrected chi connectivity index (χ4v) is 4.50. The third-order valence-electron chi connectivity index (χ3n) is 4.84. The number of thiophene rings is 1. The van der Waals surface area contributed by atoms with E-state index in [1.807, 2.05) is 17.9 Å². The lowest BCUT2D eigenvalue weighted by Crippen LogP contribution is -2.42. The van der Waals surface area contributed by atoms with Gasteiger partial charge in [0.2, 0.25) is 5.91 Å². The maximum absolute atomic E-state index is 12.7. The molecule has 4 heterocycles. The molecule has 1 atom stereocenters. The van der Waals surface area contributed by atoms with Gasteiger partial charge in [0, 0.05) is 24.0 Å². The molecule has 0 aliphatic carbocycles. The number of likely N-dealkylation sites (tertiary alicyclic amines) is 1. The van der Waals surface area contributed by atoms with Crippen molar-refractivity contribution in [1.82, 2.24) is 15.0 Å². The minimum absolute atomic E-state index is 0.196. The molecule has 2 aromatic rings. The van der Waals surface area contributed by atoms with Crippen molar-refractivity contribution in [3.63, 3.8) is 0 Å². The minimum Gasteiger partial charge on any atom is -0.359 e. The van der Waals surface area contributed by atoms with Crippen LogP contribution < -0.4 is 0 Å². The second kappa shape index (κ2) is 6.09. The molecule has 0 spiro atoms. The Morgan fingerprint density at radius 1 is 1.48 bits per heavy atom. The Hall–Kier alpha value is -1.66. The standard InChI is InChI=1S/C17H21N3O2S/c1-12-9-15(22-18-12)14-3-2-6-19(14)11-17(21)20-7-4-16-13(10-20)5-8-23-16/h5,8-9,14H,2-4,6-7,10-11H2,1H3/t14-/m1/s1. The minimum atomic E-state index is 0.196. The van der Waals surface area contributed by atoms with E-state index in [1.54, 1.807) is 11.3 Å². The monoisotopic (exact) mass is 331 g/mol. The SMILES string of the molecule is Cc1cc([C@H]2CCCN2CC(=O)N2CCc3sccc3C2)on1. The fraction of sp³-hybridized carbons (Fsp3) is 0.529. The van der Waals surface area contributed by atoms with Gasteiger partial charge in [-0.1, -0.05) is 5.16 Å². The Morgan fingerprint density at radius 3 is 3.22 bits per heavy atom. The van der Waals surface area contributed by atoms with E-state index in [1.165, 1.54) is 10.4 Å². The second-order valence-corrected chi connectivity index (χ2v) is 7.43. The lowest BCUT2D eigenvalue weighted by molar-refractivity contribution is -0.133. The van der Waals surface area contributed by atoms with Crippen LogP contribution in [0.25, 0.3) is 0 Å². The summed E-state index contributed by atoms with van der Waals surface area (Å²) in [6.45, 7) is 4.96. The van der Waals surface area contributed by atoms with E-state index in [2.05, 4.69) is 21.5 Å². The molecule has 1 amide bonds. The van der Waals surface area contributed by atoms with Crippen LogP contribution in [0.2, 0.25) is 0 Å². The summed E-state index contributed by atoms with van der Waals surface area (Å²) in [5.41, 5.74) is 2.22. The summed E-state index contributed by atoms with van der Waals surface area (Å²) in [5, 5.41) is 6.11. The Bertz CT molecular complexity index is 708. The number of carbonyl (C=O) groups is 1. The van der Waals surface area contributed by atoms with E-state index >= 15 is 0 Å². The van der Waals surface area contributed by atoms with E-state index in [-0.39, 0.29) is 11.9 Å². The van der Waals surface area contributed by atoms with Gasteiger partial charge in [-0.05, 0) is 49.7 Å². The van der Waals surface area contributed by atoms with Gasteiger partial charge in [-0.3, -0.25) is 9.69 Å². The molecule has 4 rings (SSSR count). The van der Waals surface area contributed by atoms with Gasteiger partial charge in [0.1, 0.15) is 0 Å². The van der Waals surface area contributed by atoms with Crippen LogP contribution in [0.15, 0.2) is 22.0 Å². The van der Waals surface area contributed by atoms with Crippen molar-refractivity contribution < 1.29 is 9.32 Å². The Balaban J connectivity index is 1.42. The molecule has 0 aromatic carbocycles. The van der Waals surface area contributed by atoms with E-state index in [0.717, 1.165) is 50.4 Å². The number of hydrogen-bond donors (Lipinski definition) is 0. The van der Waals surface area contributed by atoms with Crippen LogP contribution in [0.3, 0.4) is 0 Å². The largest absolute Gasteiger partial charge is 0.359 e. The molecule has 122 valence electrons. The van der Waals surface area contributed by atoms with E-state index < -0.39 is 0 Å². The van der Waals surface area contributed by atoms with Crippen LogP contribution >= 0.6 is 11.3 Å². The van der Waals surface area contributed by atoms with Crippen LogP contribution in [0.1, 0.15) is 40.8 Å². The molecular weight excluding hydrogens is 310 g/mol. The van der Waals surface area contributed by atoms with Gasteiger partial charge in [0.25, 0.3) is 0 Å². The Labute approximate surface area is 139 Å². The third kappa shape index (κ3) is 2.93. The van der Waals surface area contributed by atoms with Crippen molar-refractivity contribution in [3.8, 4) is 0 Å². The molecule has 0 bridgehead atoms. The molecule has 2 aliphatic rings. The van der Waals surface area contributed by atoms with Crippen LogP contribution in [0, 0.1) is 6.92 Å². The second-order valence-electron chi connectivity index (χ2n) is 6.43. The zero-order chi connectivity index (χ0) is 15.8. The normalized spacial score (nSPS) is 21.6. The maximum atomic E-state index is 12.7. The van der Waals surface area contributed by atoms with Gasteiger partial charge in [-0.2, -0.15) is 0 Å². The van der Waals surface area contributed by atoms with Crippen LogP contribution in [-0.2, 0) is 17.8 Å². The quantitative estimate of drug-likeness (QED) is 0.868. The van der Waals surface area contributed by atoms with Crippen molar-refractivity contribution in [3.05, 3.63) is 39.4 Å². The molecule has 0 radical (unpaired) electrons. The number of aromatic nitrogens is 1. The highest BCUT2D eigenvalue weighted by Crippen LogP contribution is 2.32. The molecule has 0 saturated carbocycles. The van der Waals surface area contributed by atoms with Gasteiger partial charge >= 0.3 is 0 Å². The number of aryl methyl sites for hydroxylation is 1. The molecule has 23 heavy (non-hydrogen) atoms. The molecule has 2 aromatic heterocycles. The first-order valence-electron chi connectivity index (χ1n) is 8.21. The molecule has 5 nitrogen and oxygen atoms in total. The Kier molecular flexibility index (Phi) is 3.95. The number of fused-ring (bicyclic) bond motifs is 1. The van der Waals surface area contributed by atoms with E-state index in [4.69, 9.17) is 4.52 Å². The van der Waals surface area contributed by atoms with Gasteiger partial charge in [0.05, 0.1) is 18.3 Å². The number of carbonyl (C=O) groups excluding carboxylic acids is 1. The smallest absolute Gasteiger partial charge is 0.237 e. The summed E-state index contributed by atoms with van der Waals surface area (Å²) in [6.07, 6.45) is 3.13. The first-order valence-corrected chi connectivity index (χ1v) is 9.09. The topological polar surface area (TPSA) is 49.6 Å². The third-order valence-corrected chi connectivity index (χ3v) is 5.86. The summed E-state index contributed by atoms with van der Waals surface area (Å²) >= 11 is 1.80. The summed E-state index contributed by atoms with van der Waals surface area (Å²) in [7, 11) is 0. The highest BCUT2D eigenvalue weighted by molar-refractivity contribution is 7.10. The summed E-state index contributed by atoms with van der Waals surface area (Å²) in [6, 6.07) is 4.34. The van der Waals surface area contributed by atoms with Crippen molar-refractivity contribution in [1.29, 1.82) is 0 Å². The average molecular weight is 331 g/mol. The lowest BCUT2D eigenvalue weighted by atomic mass is 10.1. The van der Waals surface area contributed by atoms with Crippen LogP contribution in [0.4, 0.5) is 0 Å². The molecule has 0 N–H and O–H groups in total. The van der Waals surface area contributed by atoms with Crippen LogP contribution in [-0.4, -0.2) is 40.5 Å². The summed E-state index contributed by atoms with van der Waals surface area (Å²) in [4.78, 5) is 18.4. The first kappa shape index (κ1) is 14.9. The zero-order valence-electron chi connectivity index (χ0n) is 13.3. The summed E-state index contributed by atoms with van der Waals surface area (Å²) < 4.78 is 5.43. The highest BCUT2D eigenvalue weighted by atomic mass is 32.1.